The van der Waals surface area contributed by atoms with Crippen LogP contribution >= 0.6 is 0 Å². The third-order valence-corrected chi connectivity index (χ3v) is 2.85. The van der Waals surface area contributed by atoms with Gasteiger partial charge in [-0.3, -0.25) is 0 Å². The van der Waals surface area contributed by atoms with Gasteiger partial charge in [-0.1, -0.05) is 0 Å². The summed E-state index contributed by atoms with van der Waals surface area (Å²) in [4.78, 5) is 0. The Morgan fingerprint density at radius 3 is 1.00 bits per heavy atom. The zero-order chi connectivity index (χ0) is 14.1. The molecule has 120 valence electrons. The molecule has 20 heavy (non-hydrogen) atoms. The van der Waals surface area contributed by atoms with Crippen molar-refractivity contribution in [2.75, 3.05) is 79.0 Å². The number of rotatable bonds is 0. The van der Waals surface area contributed by atoms with Gasteiger partial charge in [-0.2, -0.15) is 0 Å². The quantitative estimate of drug-likeness (QED) is 0.656. The van der Waals surface area contributed by atoms with Gasteiger partial charge in [0.2, 0.25) is 0 Å². The van der Waals surface area contributed by atoms with Crippen molar-refractivity contribution in [1.29, 1.82) is 0 Å². The van der Waals surface area contributed by atoms with Gasteiger partial charge in [0, 0.05) is 52.6 Å². The molecule has 1 aliphatic rings. The van der Waals surface area contributed by atoms with E-state index < -0.39 is 0 Å². The molecule has 0 saturated carbocycles. The second-order valence-electron chi connectivity index (χ2n) is 4.66. The summed E-state index contributed by atoms with van der Waals surface area (Å²) in [7, 11) is 0. The fourth-order valence-electron chi connectivity index (χ4n) is 1.76. The predicted molar refractivity (Wildman–Crippen MR) is 78.2 cm³/mol. The van der Waals surface area contributed by atoms with E-state index in [9.17, 15) is 0 Å². The molecule has 0 spiro atoms. The maximum atomic E-state index is 5.50. The first kappa shape index (κ1) is 17.8. The standard InChI is InChI=1S/C14H30N2O4/c1-7-17-11-3-15-5-13-19-9-2-10-20-14-6-16-4-12-18-8-1/h15-16H,1-14H2. The van der Waals surface area contributed by atoms with Crippen LogP contribution in [-0.2, 0) is 18.9 Å². The molecule has 1 fully saturated rings. The van der Waals surface area contributed by atoms with Crippen molar-refractivity contribution in [3.63, 3.8) is 0 Å². The van der Waals surface area contributed by atoms with E-state index in [-0.39, 0.29) is 0 Å². The van der Waals surface area contributed by atoms with Crippen LogP contribution in [0.3, 0.4) is 0 Å². The SMILES string of the molecule is C1COCCNCCOCCCOCCNCCOC1. The molecule has 1 aliphatic heterocycles. The van der Waals surface area contributed by atoms with Crippen molar-refractivity contribution in [3.8, 4) is 0 Å². The third-order valence-electron chi connectivity index (χ3n) is 2.85. The Bertz CT molecular complexity index is 110. The summed E-state index contributed by atoms with van der Waals surface area (Å²) >= 11 is 0. The van der Waals surface area contributed by atoms with E-state index in [1.807, 2.05) is 0 Å². The summed E-state index contributed by atoms with van der Waals surface area (Å²) in [5.74, 6) is 0. The summed E-state index contributed by atoms with van der Waals surface area (Å²) in [6, 6.07) is 0. The van der Waals surface area contributed by atoms with Crippen LogP contribution < -0.4 is 10.6 Å². The molecule has 1 heterocycles. The van der Waals surface area contributed by atoms with E-state index >= 15 is 0 Å². The number of hydrogen-bond donors (Lipinski definition) is 2. The maximum Gasteiger partial charge on any atom is 0.0590 e. The van der Waals surface area contributed by atoms with Gasteiger partial charge in [0.1, 0.15) is 0 Å². The lowest BCUT2D eigenvalue weighted by atomic mass is 10.5. The smallest absolute Gasteiger partial charge is 0.0590 e. The van der Waals surface area contributed by atoms with Gasteiger partial charge >= 0.3 is 0 Å². The van der Waals surface area contributed by atoms with E-state index in [0.29, 0.717) is 0 Å². The zero-order valence-electron chi connectivity index (χ0n) is 12.5. The Labute approximate surface area is 122 Å². The van der Waals surface area contributed by atoms with Crippen LogP contribution in [-0.4, -0.2) is 79.0 Å². The van der Waals surface area contributed by atoms with E-state index in [1.165, 1.54) is 0 Å². The van der Waals surface area contributed by atoms with Crippen molar-refractivity contribution < 1.29 is 18.9 Å². The largest absolute Gasteiger partial charge is 0.380 e. The van der Waals surface area contributed by atoms with Crippen molar-refractivity contribution >= 4 is 0 Å². The molecule has 0 bridgehead atoms. The van der Waals surface area contributed by atoms with Gasteiger partial charge in [0.25, 0.3) is 0 Å². The van der Waals surface area contributed by atoms with Crippen LogP contribution in [0.1, 0.15) is 12.8 Å². The zero-order valence-corrected chi connectivity index (χ0v) is 12.5. The van der Waals surface area contributed by atoms with Gasteiger partial charge in [0.05, 0.1) is 26.4 Å². The lowest BCUT2D eigenvalue weighted by Crippen LogP contribution is -2.25. The molecule has 0 aromatic rings. The van der Waals surface area contributed by atoms with Crippen molar-refractivity contribution in [1.82, 2.24) is 10.6 Å². The summed E-state index contributed by atoms with van der Waals surface area (Å²) in [6.07, 6.45) is 1.90. The summed E-state index contributed by atoms with van der Waals surface area (Å²) in [5.41, 5.74) is 0. The van der Waals surface area contributed by atoms with Gasteiger partial charge < -0.3 is 29.6 Å². The molecule has 1 saturated heterocycles. The summed E-state index contributed by atoms with van der Waals surface area (Å²) in [5, 5.41) is 6.57. The molecule has 6 heteroatoms. The number of hydrogen-bond acceptors (Lipinski definition) is 6. The molecule has 2 N–H and O–H groups in total. The van der Waals surface area contributed by atoms with E-state index in [2.05, 4.69) is 10.6 Å². The minimum atomic E-state index is 0.745. The summed E-state index contributed by atoms with van der Waals surface area (Å²) in [6.45, 7) is 9.52. The van der Waals surface area contributed by atoms with Crippen LogP contribution in [0.5, 0.6) is 0 Å². The highest BCUT2D eigenvalue weighted by Crippen LogP contribution is 1.87. The molecule has 0 aliphatic carbocycles. The molecular formula is C14H30N2O4. The van der Waals surface area contributed by atoms with Gasteiger partial charge in [-0.05, 0) is 12.8 Å². The molecular weight excluding hydrogens is 260 g/mol. The number of ether oxygens (including phenoxy) is 4. The molecule has 0 aromatic heterocycles. The normalized spacial score (nSPS) is 24.0. The van der Waals surface area contributed by atoms with Crippen molar-refractivity contribution in [2.24, 2.45) is 0 Å². The molecule has 0 radical (unpaired) electrons. The highest BCUT2D eigenvalue weighted by molar-refractivity contribution is 4.48. The molecule has 0 amide bonds. The van der Waals surface area contributed by atoms with E-state index in [4.69, 9.17) is 18.9 Å². The minimum absolute atomic E-state index is 0.745. The minimum Gasteiger partial charge on any atom is -0.380 e. The first-order valence-corrected chi connectivity index (χ1v) is 7.72. The molecule has 0 aromatic carbocycles. The van der Waals surface area contributed by atoms with E-state index in [0.717, 1.165) is 91.9 Å². The highest BCUT2D eigenvalue weighted by Gasteiger charge is 1.95. The second-order valence-corrected chi connectivity index (χ2v) is 4.66. The van der Waals surface area contributed by atoms with Crippen molar-refractivity contribution in [2.45, 2.75) is 12.8 Å². The predicted octanol–water partition coefficient (Wildman–Crippen LogP) is 0.0258. The first-order valence-electron chi connectivity index (χ1n) is 7.72. The average molecular weight is 290 g/mol. The lowest BCUT2D eigenvalue weighted by molar-refractivity contribution is 0.0726. The Kier molecular flexibility index (Phi) is 13.5. The van der Waals surface area contributed by atoms with Crippen LogP contribution in [0.2, 0.25) is 0 Å². The fraction of sp³-hybridized carbons (Fsp3) is 1.00. The van der Waals surface area contributed by atoms with Crippen LogP contribution in [0, 0.1) is 0 Å². The molecule has 0 unspecified atom stereocenters. The first-order chi connectivity index (χ1) is 10.0. The third kappa shape index (κ3) is 12.8. The maximum absolute atomic E-state index is 5.50. The topological polar surface area (TPSA) is 61.0 Å². The average Bonchev–Trinajstić information content (AvgIpc) is 2.46. The number of nitrogens with one attached hydrogen (secondary N) is 2. The highest BCUT2D eigenvalue weighted by atomic mass is 16.5. The van der Waals surface area contributed by atoms with Crippen LogP contribution in [0.15, 0.2) is 0 Å². The van der Waals surface area contributed by atoms with Crippen LogP contribution in [0.4, 0.5) is 0 Å². The Hall–Kier alpha value is -0.240. The Morgan fingerprint density at radius 1 is 0.400 bits per heavy atom. The fourth-order valence-corrected chi connectivity index (χ4v) is 1.76. The lowest BCUT2D eigenvalue weighted by Gasteiger charge is -2.09. The van der Waals surface area contributed by atoms with Gasteiger partial charge in [-0.15, -0.1) is 0 Å². The Balaban J connectivity index is 2.00. The monoisotopic (exact) mass is 290 g/mol. The second kappa shape index (κ2) is 15.2. The Morgan fingerprint density at radius 2 is 0.700 bits per heavy atom. The van der Waals surface area contributed by atoms with Gasteiger partial charge in [-0.25, -0.2) is 0 Å². The summed E-state index contributed by atoms with van der Waals surface area (Å²) < 4.78 is 22.0. The molecule has 6 nitrogen and oxygen atoms in total. The van der Waals surface area contributed by atoms with Gasteiger partial charge in [0.15, 0.2) is 0 Å². The molecule has 0 atom stereocenters. The molecule has 1 rings (SSSR count). The van der Waals surface area contributed by atoms with E-state index in [1.54, 1.807) is 0 Å². The van der Waals surface area contributed by atoms with Crippen LogP contribution in [0.25, 0.3) is 0 Å². The van der Waals surface area contributed by atoms with Crippen molar-refractivity contribution in [3.05, 3.63) is 0 Å².